The van der Waals surface area contributed by atoms with E-state index in [1.807, 2.05) is 0 Å². The summed E-state index contributed by atoms with van der Waals surface area (Å²) < 4.78 is 5.06. The van der Waals surface area contributed by atoms with Crippen molar-refractivity contribution in [2.75, 3.05) is 32.7 Å². The van der Waals surface area contributed by atoms with E-state index in [9.17, 15) is 0 Å². The number of hydrogen-bond donors (Lipinski definition) is 2. The first-order chi connectivity index (χ1) is 10.3. The van der Waals surface area contributed by atoms with Crippen molar-refractivity contribution in [3.63, 3.8) is 0 Å². The summed E-state index contributed by atoms with van der Waals surface area (Å²) in [6.45, 7) is 9.49. The molecule has 0 aliphatic carbocycles. The van der Waals surface area contributed by atoms with Gasteiger partial charge in [0.2, 0.25) is 5.89 Å². The molecule has 0 unspecified atom stereocenters. The molecule has 0 radical (unpaired) electrons. The Balaban J connectivity index is 1.74. The number of nitrogens with zero attached hydrogens (tertiary/aromatic N) is 4. The summed E-state index contributed by atoms with van der Waals surface area (Å²) in [6, 6.07) is 0. The molecule has 2 heterocycles. The third-order valence-corrected chi connectivity index (χ3v) is 3.46. The Morgan fingerprint density at radius 2 is 2.10 bits per heavy atom. The van der Waals surface area contributed by atoms with E-state index in [-0.39, 0.29) is 0 Å². The van der Waals surface area contributed by atoms with Crippen LogP contribution in [0.15, 0.2) is 9.52 Å². The van der Waals surface area contributed by atoms with E-state index in [1.54, 1.807) is 6.92 Å². The minimum absolute atomic E-state index is 0.403. The lowest BCUT2D eigenvalue weighted by atomic mass is 10.1. The third-order valence-electron chi connectivity index (χ3n) is 3.46. The molecule has 1 saturated heterocycles. The van der Waals surface area contributed by atoms with Gasteiger partial charge in [-0.25, -0.2) is 4.99 Å². The summed E-state index contributed by atoms with van der Waals surface area (Å²) in [5.41, 5.74) is 0. The van der Waals surface area contributed by atoms with Crippen LogP contribution < -0.4 is 10.6 Å². The van der Waals surface area contributed by atoms with Crippen molar-refractivity contribution in [1.29, 1.82) is 0 Å². The Morgan fingerprint density at radius 1 is 1.29 bits per heavy atom. The zero-order chi connectivity index (χ0) is 14.9. The van der Waals surface area contributed by atoms with E-state index < -0.39 is 0 Å². The van der Waals surface area contributed by atoms with Gasteiger partial charge in [0.15, 0.2) is 11.8 Å². The summed E-state index contributed by atoms with van der Waals surface area (Å²) in [6.07, 6.45) is 4.02. The van der Waals surface area contributed by atoms with Crippen molar-refractivity contribution >= 4 is 5.96 Å². The smallest absolute Gasteiger partial charge is 0.248 e. The lowest BCUT2D eigenvalue weighted by molar-refractivity contribution is 0.232. The van der Waals surface area contributed by atoms with Crippen molar-refractivity contribution in [3.05, 3.63) is 11.7 Å². The zero-order valence-corrected chi connectivity index (χ0v) is 13.1. The number of aliphatic imine (C=N–C) groups is 1. The number of guanidine groups is 1. The van der Waals surface area contributed by atoms with Crippen LogP contribution in [0.4, 0.5) is 0 Å². The fourth-order valence-electron chi connectivity index (χ4n) is 2.41. The lowest BCUT2D eigenvalue weighted by Crippen LogP contribution is -2.42. The number of aromatic nitrogens is 2. The van der Waals surface area contributed by atoms with Crippen LogP contribution in [-0.2, 0) is 6.54 Å². The molecule has 21 heavy (non-hydrogen) atoms. The molecule has 1 fully saturated rings. The van der Waals surface area contributed by atoms with Gasteiger partial charge in [-0.2, -0.15) is 4.98 Å². The lowest BCUT2D eigenvalue weighted by Gasteiger charge is -2.26. The maximum atomic E-state index is 5.06. The molecule has 0 atom stereocenters. The van der Waals surface area contributed by atoms with Crippen molar-refractivity contribution in [3.8, 4) is 0 Å². The first kappa shape index (κ1) is 15.8. The molecule has 1 aliphatic rings. The topological polar surface area (TPSA) is 78.6 Å². The average Bonchev–Trinajstić information content (AvgIpc) is 2.91. The van der Waals surface area contributed by atoms with Crippen LogP contribution in [0, 0.1) is 6.92 Å². The highest BCUT2D eigenvalue weighted by atomic mass is 16.5. The van der Waals surface area contributed by atoms with Gasteiger partial charge in [0.05, 0.1) is 0 Å². The molecule has 118 valence electrons. The molecule has 2 N–H and O–H groups in total. The van der Waals surface area contributed by atoms with Crippen LogP contribution in [-0.4, -0.2) is 53.7 Å². The van der Waals surface area contributed by atoms with Gasteiger partial charge in [-0.1, -0.05) is 11.6 Å². The Labute approximate surface area is 126 Å². The molecule has 0 bridgehead atoms. The number of piperidine rings is 1. The summed E-state index contributed by atoms with van der Waals surface area (Å²) in [4.78, 5) is 11.1. The van der Waals surface area contributed by atoms with E-state index in [0.717, 1.165) is 25.6 Å². The molecule has 0 spiro atoms. The number of hydrogen-bond acceptors (Lipinski definition) is 5. The van der Waals surface area contributed by atoms with Crippen molar-refractivity contribution in [2.24, 2.45) is 4.99 Å². The maximum Gasteiger partial charge on any atom is 0.248 e. The monoisotopic (exact) mass is 294 g/mol. The fourth-order valence-corrected chi connectivity index (χ4v) is 2.41. The highest BCUT2D eigenvalue weighted by Gasteiger charge is 2.09. The molecule has 0 saturated carbocycles. The molecule has 2 rings (SSSR count). The Morgan fingerprint density at radius 3 is 2.76 bits per heavy atom. The van der Waals surface area contributed by atoms with Gasteiger partial charge in [0.1, 0.15) is 6.54 Å². The highest BCUT2D eigenvalue weighted by Crippen LogP contribution is 2.07. The standard InChI is InChI=1S/C14H26N6O/c1-3-15-14(17-11-13-18-12(2)19-21-13)16-7-10-20-8-5-4-6-9-20/h3-11H2,1-2H3,(H2,15,16,17). The molecule has 1 aliphatic heterocycles. The number of nitrogens with one attached hydrogen (secondary N) is 2. The van der Waals surface area contributed by atoms with E-state index in [4.69, 9.17) is 4.52 Å². The Hall–Kier alpha value is -1.63. The third kappa shape index (κ3) is 5.71. The maximum absolute atomic E-state index is 5.06. The second-order valence-corrected chi connectivity index (χ2v) is 5.26. The van der Waals surface area contributed by atoms with Crippen LogP contribution >= 0.6 is 0 Å². The molecule has 7 nitrogen and oxygen atoms in total. The van der Waals surface area contributed by atoms with Gasteiger partial charge >= 0.3 is 0 Å². The van der Waals surface area contributed by atoms with Gasteiger partial charge in [-0.05, 0) is 39.8 Å². The molecule has 0 amide bonds. The summed E-state index contributed by atoms with van der Waals surface area (Å²) >= 11 is 0. The minimum atomic E-state index is 0.403. The van der Waals surface area contributed by atoms with Crippen LogP contribution in [0.5, 0.6) is 0 Å². The first-order valence-corrected chi connectivity index (χ1v) is 7.81. The van der Waals surface area contributed by atoms with E-state index >= 15 is 0 Å². The van der Waals surface area contributed by atoms with Gasteiger partial charge in [-0.3, -0.25) is 0 Å². The van der Waals surface area contributed by atoms with Crippen molar-refractivity contribution in [1.82, 2.24) is 25.7 Å². The van der Waals surface area contributed by atoms with Crippen LogP contribution in [0.25, 0.3) is 0 Å². The Kier molecular flexibility index (Phi) is 6.46. The molecule has 0 aromatic carbocycles. The first-order valence-electron chi connectivity index (χ1n) is 7.81. The number of likely N-dealkylation sites (tertiary alicyclic amines) is 1. The highest BCUT2D eigenvalue weighted by molar-refractivity contribution is 5.79. The number of aryl methyl sites for hydroxylation is 1. The summed E-state index contributed by atoms with van der Waals surface area (Å²) in [5, 5.41) is 10.3. The summed E-state index contributed by atoms with van der Waals surface area (Å²) in [7, 11) is 0. The average molecular weight is 294 g/mol. The molecule has 1 aromatic heterocycles. The second-order valence-electron chi connectivity index (χ2n) is 5.26. The Bertz CT molecular complexity index is 438. The second kappa shape index (κ2) is 8.61. The van der Waals surface area contributed by atoms with Gasteiger partial charge in [0, 0.05) is 19.6 Å². The van der Waals surface area contributed by atoms with Crippen LogP contribution in [0.2, 0.25) is 0 Å². The van der Waals surface area contributed by atoms with E-state index in [2.05, 4.69) is 37.6 Å². The molecule has 7 heteroatoms. The largest absolute Gasteiger partial charge is 0.357 e. The molecular weight excluding hydrogens is 268 g/mol. The van der Waals surface area contributed by atoms with Crippen LogP contribution in [0.3, 0.4) is 0 Å². The zero-order valence-electron chi connectivity index (χ0n) is 13.1. The fraction of sp³-hybridized carbons (Fsp3) is 0.786. The predicted molar refractivity (Wildman–Crippen MR) is 82.1 cm³/mol. The van der Waals surface area contributed by atoms with Gasteiger partial charge in [0.25, 0.3) is 0 Å². The van der Waals surface area contributed by atoms with Crippen molar-refractivity contribution in [2.45, 2.75) is 39.7 Å². The molecular formula is C14H26N6O. The summed E-state index contributed by atoms with van der Waals surface area (Å²) in [5.74, 6) is 1.98. The molecule has 1 aromatic rings. The van der Waals surface area contributed by atoms with Crippen LogP contribution in [0.1, 0.15) is 37.9 Å². The van der Waals surface area contributed by atoms with Gasteiger partial charge in [-0.15, -0.1) is 0 Å². The minimum Gasteiger partial charge on any atom is -0.357 e. The quantitative estimate of drug-likeness (QED) is 0.600. The number of rotatable bonds is 6. The van der Waals surface area contributed by atoms with Gasteiger partial charge < -0.3 is 20.1 Å². The predicted octanol–water partition coefficient (Wildman–Crippen LogP) is 0.919. The van der Waals surface area contributed by atoms with E-state index in [1.165, 1.54) is 32.4 Å². The SMILES string of the molecule is CCNC(=NCc1nc(C)no1)NCCN1CCCCC1. The van der Waals surface area contributed by atoms with Crippen molar-refractivity contribution < 1.29 is 4.52 Å². The van der Waals surface area contributed by atoms with E-state index in [0.29, 0.717) is 18.3 Å². The normalized spacial score (nSPS) is 17.0.